The van der Waals surface area contributed by atoms with Gasteiger partial charge in [-0.2, -0.15) is 0 Å². The van der Waals surface area contributed by atoms with Crippen LogP contribution in [-0.4, -0.2) is 112 Å². The van der Waals surface area contributed by atoms with Crippen LogP contribution in [0.2, 0.25) is 0 Å². The highest BCUT2D eigenvalue weighted by molar-refractivity contribution is 5.87. The second kappa shape index (κ2) is 21.5. The summed E-state index contributed by atoms with van der Waals surface area (Å²) < 4.78 is 44.4. The van der Waals surface area contributed by atoms with Crippen molar-refractivity contribution in [3.8, 4) is 0 Å². The lowest BCUT2D eigenvalue weighted by Gasteiger charge is -2.44. The van der Waals surface area contributed by atoms with Crippen LogP contribution in [0.4, 0.5) is 14.4 Å². The molecular weight excluding hydrogens is 674 g/mol. The Hall–Kier alpha value is -4.64. The third kappa shape index (κ3) is 15.4. The maximum absolute atomic E-state index is 13.0. The van der Waals surface area contributed by atoms with Gasteiger partial charge >= 0.3 is 36.2 Å². The number of esters is 3. The number of rotatable bonds is 17. The molecule has 2 fully saturated rings. The number of carbonyl (C=O) groups is 6. The zero-order valence-corrected chi connectivity index (χ0v) is 29.9. The summed E-state index contributed by atoms with van der Waals surface area (Å²) in [4.78, 5) is 73.9. The molecule has 0 aromatic carbocycles. The molecule has 3 amide bonds. The van der Waals surface area contributed by atoms with Crippen molar-refractivity contribution in [3.63, 3.8) is 0 Å². The van der Waals surface area contributed by atoms with Crippen LogP contribution >= 0.6 is 0 Å². The van der Waals surface area contributed by atoms with E-state index in [0.717, 1.165) is 6.42 Å². The van der Waals surface area contributed by atoms with Crippen molar-refractivity contribution < 1.29 is 66.7 Å². The summed E-state index contributed by atoms with van der Waals surface area (Å²) in [6.45, 7) is 18.0. The molecule has 0 spiro atoms. The molecule has 17 nitrogen and oxygen atoms in total. The van der Waals surface area contributed by atoms with Gasteiger partial charge in [0.15, 0.2) is 12.4 Å². The van der Waals surface area contributed by atoms with E-state index in [1.807, 2.05) is 13.8 Å². The first-order valence-electron chi connectivity index (χ1n) is 16.7. The van der Waals surface area contributed by atoms with Gasteiger partial charge in [-0.15, -0.1) is 0 Å². The Labute approximate surface area is 297 Å². The summed E-state index contributed by atoms with van der Waals surface area (Å²) in [5.41, 5.74) is 0.556. The Balaban J connectivity index is 2.26. The van der Waals surface area contributed by atoms with Crippen molar-refractivity contribution in [2.45, 2.75) is 97.1 Å². The molecule has 286 valence electrons. The van der Waals surface area contributed by atoms with Gasteiger partial charge in [0.05, 0.1) is 31.8 Å². The first-order valence-corrected chi connectivity index (χ1v) is 16.7. The predicted molar refractivity (Wildman–Crippen MR) is 179 cm³/mol. The third-order valence-electron chi connectivity index (χ3n) is 7.55. The van der Waals surface area contributed by atoms with Gasteiger partial charge in [-0.05, 0) is 53.4 Å². The minimum absolute atomic E-state index is 0.0817. The van der Waals surface area contributed by atoms with Crippen LogP contribution < -0.4 is 16.0 Å². The number of ether oxygens (including phenoxy) is 8. The first kappa shape index (κ1) is 42.5. The Kier molecular flexibility index (Phi) is 18.0. The van der Waals surface area contributed by atoms with Crippen molar-refractivity contribution in [3.05, 3.63) is 36.5 Å². The number of nitrogens with one attached hydrogen (secondary N) is 3. The minimum Gasteiger partial charge on any atom is -0.460 e. The van der Waals surface area contributed by atoms with E-state index in [4.69, 9.17) is 37.9 Å². The van der Waals surface area contributed by atoms with E-state index >= 15 is 0 Å². The zero-order chi connectivity index (χ0) is 38.1. The summed E-state index contributed by atoms with van der Waals surface area (Å²) in [5.74, 6) is -2.39. The summed E-state index contributed by atoms with van der Waals surface area (Å²) in [7, 11) is 0. The molecule has 17 heteroatoms. The van der Waals surface area contributed by atoms with Crippen molar-refractivity contribution in [2.24, 2.45) is 5.92 Å². The molecule has 3 N–H and O–H groups in total. The van der Waals surface area contributed by atoms with Crippen LogP contribution in [0.5, 0.6) is 0 Å². The summed E-state index contributed by atoms with van der Waals surface area (Å²) >= 11 is 0. The van der Waals surface area contributed by atoms with Gasteiger partial charge in [0.1, 0.15) is 32.0 Å². The molecule has 0 radical (unpaired) electrons. The number of amides is 3. The van der Waals surface area contributed by atoms with Crippen LogP contribution in [0, 0.1) is 5.92 Å². The second-order valence-corrected chi connectivity index (χ2v) is 12.2. The minimum atomic E-state index is -1.33. The van der Waals surface area contributed by atoms with E-state index < -0.39 is 66.7 Å². The number of alkyl carbamates (subject to hydrolysis) is 3. The summed E-state index contributed by atoms with van der Waals surface area (Å²) in [5, 5.41) is 7.40. The van der Waals surface area contributed by atoms with Crippen molar-refractivity contribution in [1.29, 1.82) is 0 Å². The monoisotopic (exact) mass is 725 g/mol. The SMILES string of the molecule is C=C(C)C(=O)OCCNC(=O)OC1CC(C2OC(C)CC(CC)O2)CC(OC(=O)NCCOC(=O)C(=C)C)C1OC(=O)NCCOC(=O)C(=C)C. The molecule has 1 aliphatic heterocycles. The van der Waals surface area contributed by atoms with Gasteiger partial charge in [-0.3, -0.25) is 0 Å². The van der Waals surface area contributed by atoms with Crippen molar-refractivity contribution in [2.75, 3.05) is 39.5 Å². The van der Waals surface area contributed by atoms with Gasteiger partial charge in [-0.25, -0.2) is 28.8 Å². The van der Waals surface area contributed by atoms with E-state index in [1.165, 1.54) is 20.8 Å². The van der Waals surface area contributed by atoms with E-state index in [-0.39, 0.29) is 81.2 Å². The lowest BCUT2D eigenvalue weighted by molar-refractivity contribution is -0.273. The maximum atomic E-state index is 13.0. The van der Waals surface area contributed by atoms with Crippen LogP contribution in [0.15, 0.2) is 36.5 Å². The number of hydrogen-bond acceptors (Lipinski definition) is 14. The standard InChI is InChI=1S/C34H51N3O14/c1-9-24-16-22(8)47-31(48-24)23-17-25(49-32(41)35-10-13-44-28(38)19(2)3)27(51-34(43)37-12-15-46-30(40)21(6)7)26(18-23)50-33(42)36-11-14-45-29(39)20(4)5/h22-27,31H,2,4,6,9-18H2,1,3,5,7-8H3,(H,35,41)(H,36,42)(H,37,43). The summed E-state index contributed by atoms with van der Waals surface area (Å²) in [6, 6.07) is 0. The Morgan fingerprint density at radius 1 is 0.627 bits per heavy atom. The molecule has 1 aliphatic carbocycles. The zero-order valence-electron chi connectivity index (χ0n) is 29.9. The van der Waals surface area contributed by atoms with Crippen molar-refractivity contribution >= 4 is 36.2 Å². The van der Waals surface area contributed by atoms with E-state index in [2.05, 4.69) is 35.7 Å². The second-order valence-electron chi connectivity index (χ2n) is 12.2. The van der Waals surface area contributed by atoms with Gasteiger partial charge in [0.25, 0.3) is 0 Å². The van der Waals surface area contributed by atoms with E-state index in [0.29, 0.717) is 6.42 Å². The molecule has 51 heavy (non-hydrogen) atoms. The molecule has 2 rings (SSSR count). The lowest BCUT2D eigenvalue weighted by Crippen LogP contribution is -2.56. The van der Waals surface area contributed by atoms with Gasteiger partial charge in [0, 0.05) is 22.6 Å². The Bertz CT molecular complexity index is 1230. The molecule has 1 heterocycles. The smallest absolute Gasteiger partial charge is 0.407 e. The molecule has 5 atom stereocenters. The molecule has 1 saturated heterocycles. The highest BCUT2D eigenvalue weighted by Crippen LogP contribution is 2.37. The van der Waals surface area contributed by atoms with Crippen LogP contribution in [0.1, 0.15) is 60.3 Å². The van der Waals surface area contributed by atoms with Gasteiger partial charge in [-0.1, -0.05) is 26.7 Å². The normalized spacial score (nSPS) is 24.1. The first-order chi connectivity index (χ1) is 24.1. The quantitative estimate of drug-likeness (QED) is 0.0852. The highest BCUT2D eigenvalue weighted by atomic mass is 16.7. The predicted octanol–water partition coefficient (Wildman–Crippen LogP) is 2.97. The average molecular weight is 726 g/mol. The largest absolute Gasteiger partial charge is 0.460 e. The Morgan fingerprint density at radius 2 is 1.02 bits per heavy atom. The van der Waals surface area contributed by atoms with E-state index in [1.54, 1.807) is 0 Å². The molecule has 2 aliphatic rings. The summed E-state index contributed by atoms with van der Waals surface area (Å²) in [6.07, 6.45) is -6.00. The fourth-order valence-electron chi connectivity index (χ4n) is 5.01. The number of hydrogen-bond donors (Lipinski definition) is 3. The third-order valence-corrected chi connectivity index (χ3v) is 7.55. The van der Waals surface area contributed by atoms with Crippen LogP contribution in [0.3, 0.4) is 0 Å². The van der Waals surface area contributed by atoms with Crippen LogP contribution in [0.25, 0.3) is 0 Å². The molecule has 0 aromatic heterocycles. The Morgan fingerprint density at radius 3 is 1.39 bits per heavy atom. The highest BCUT2D eigenvalue weighted by Gasteiger charge is 2.48. The fourth-order valence-corrected chi connectivity index (χ4v) is 5.01. The van der Waals surface area contributed by atoms with Crippen LogP contribution in [-0.2, 0) is 52.3 Å². The topological polar surface area (TPSA) is 212 Å². The lowest BCUT2D eigenvalue weighted by atomic mass is 9.82. The van der Waals surface area contributed by atoms with Crippen molar-refractivity contribution in [1.82, 2.24) is 16.0 Å². The maximum Gasteiger partial charge on any atom is 0.407 e. The number of carbonyl (C=O) groups excluding carboxylic acids is 6. The van der Waals surface area contributed by atoms with Gasteiger partial charge < -0.3 is 53.8 Å². The average Bonchev–Trinajstić information content (AvgIpc) is 3.07. The molecule has 1 saturated carbocycles. The van der Waals surface area contributed by atoms with Gasteiger partial charge in [0.2, 0.25) is 0 Å². The van der Waals surface area contributed by atoms with E-state index in [9.17, 15) is 28.8 Å². The molecule has 0 bridgehead atoms. The fraction of sp³-hybridized carbons (Fsp3) is 0.647. The molecule has 0 aromatic rings. The molecule has 5 unspecified atom stereocenters. The molecular formula is C34H51N3O14.